The largest absolute Gasteiger partial charge is 0.457 e. The monoisotopic (exact) mass is 1610 g/mol. The highest BCUT2D eigenvalue weighted by Crippen LogP contribution is 2.48. The third kappa shape index (κ3) is 21.1. The predicted octanol–water partition coefficient (Wildman–Crippen LogP) is 15.4. The molecule has 0 radical (unpaired) electrons. The number of benzene rings is 5. The SMILES string of the molecule is CCC1O[C@H](OCC2O[C@@H](O[C@@H]3C(COCc4ccccc4)O[C@@H](OCc4ccccc4)[C@@H](C)C3C)[C@H](OCc3ccccc3)C(O[C@@H]3OC(CC)[C@H](C)[C@@H](C)C3O[C@@H]3OC(CC)[C@@H](O[C@@H]4OC(COCc5ccccc5)[C@H](C)C(C)[C@@H]4OC(C)=O)C(C)[C@@H]3C)[C@@H]2O[C@@H]2OC3OOC(c4ccccc4)O[C@H]3C(C)[C@@H]2C)[C@H](O)C(C)[C@@H]1C. The van der Waals surface area contributed by atoms with Crippen molar-refractivity contribution in [2.24, 2.45) is 71.0 Å². The van der Waals surface area contributed by atoms with E-state index in [1.165, 1.54) is 6.92 Å². The number of carbonyl (C=O) groups excluding carboxylic acids is 1. The molecule has 8 saturated heterocycles. The van der Waals surface area contributed by atoms with Crippen molar-refractivity contribution in [2.75, 3.05) is 19.8 Å². The molecule has 8 heterocycles. The van der Waals surface area contributed by atoms with E-state index >= 15 is 0 Å². The van der Waals surface area contributed by atoms with Crippen molar-refractivity contribution in [3.8, 4) is 0 Å². The molecular formula is C93H130O23. The first kappa shape index (κ1) is 88.5. The van der Waals surface area contributed by atoms with E-state index in [9.17, 15) is 9.90 Å². The molecule has 116 heavy (non-hydrogen) atoms. The lowest BCUT2D eigenvalue weighted by Crippen LogP contribution is -2.67. The summed E-state index contributed by atoms with van der Waals surface area (Å²) < 4.78 is 136. The highest BCUT2D eigenvalue weighted by Gasteiger charge is 2.59. The summed E-state index contributed by atoms with van der Waals surface area (Å²) in [5.74, 6) is -2.61. The second-order valence-corrected chi connectivity index (χ2v) is 34.2. The van der Waals surface area contributed by atoms with Crippen molar-refractivity contribution >= 4 is 5.97 Å². The fraction of sp³-hybridized carbons (Fsp3) is 0.667. The van der Waals surface area contributed by atoms with Crippen LogP contribution in [0.2, 0.25) is 0 Å². The molecule has 640 valence electrons. The molecule has 15 unspecified atom stereocenters. The van der Waals surface area contributed by atoms with Gasteiger partial charge in [0.25, 0.3) is 0 Å². The number of aliphatic hydroxyl groups is 1. The van der Waals surface area contributed by atoms with Crippen LogP contribution in [0.5, 0.6) is 0 Å². The quantitative estimate of drug-likeness (QED) is 0.0311. The van der Waals surface area contributed by atoms with Gasteiger partial charge >= 0.3 is 5.97 Å². The Morgan fingerprint density at radius 1 is 0.319 bits per heavy atom. The van der Waals surface area contributed by atoms with E-state index in [0.717, 1.165) is 27.8 Å². The molecule has 23 heteroatoms. The molecule has 8 fully saturated rings. The first-order valence-electron chi connectivity index (χ1n) is 43.0. The Morgan fingerprint density at radius 3 is 1.29 bits per heavy atom. The van der Waals surface area contributed by atoms with Gasteiger partial charge < -0.3 is 95.1 Å². The molecule has 0 amide bonds. The van der Waals surface area contributed by atoms with Crippen LogP contribution in [0.1, 0.15) is 164 Å². The zero-order valence-electron chi connectivity index (χ0n) is 70.7. The van der Waals surface area contributed by atoms with Crippen LogP contribution in [0.4, 0.5) is 0 Å². The molecule has 1 N–H and O–H groups in total. The van der Waals surface area contributed by atoms with E-state index in [0.29, 0.717) is 45.7 Å². The third-order valence-corrected chi connectivity index (χ3v) is 26.7. The summed E-state index contributed by atoms with van der Waals surface area (Å²) in [5.41, 5.74) is 4.72. The van der Waals surface area contributed by atoms with Gasteiger partial charge in [-0.1, -0.05) is 256 Å². The van der Waals surface area contributed by atoms with Crippen LogP contribution in [0, 0.1) is 71.0 Å². The van der Waals surface area contributed by atoms with E-state index in [1.54, 1.807) is 0 Å². The molecule has 36 atom stereocenters. The standard InChI is InChI=1S/C93H130O23/c1-17-70-52(4)55(7)76(95)89(102-70)100-51-75-82(112-87-63(15)60(12)81-93(114-87)116-115-88(111-81)69-43-33-24-34-44-69)83(84(98-47-67-39-29-22-30-40-67)92(107-75)109-78-58(10)61(13)85(99-48-68-41-31-23-32-42-68)106-74(78)50-97-46-66-37-27-21-28-38-66)113-91-80(56(8)53(5)71(18-2)103-91)110-86-62(14)59(11)77(72(19-3)104-86)108-90-79(101-64(16)94)57(9)54(6)73(105-90)49-96-45-65-35-25-20-26-36-65/h20-44,52-63,70-93,95H,17-19,45-51H2,1-16H3/t52-,53+,54+,55?,56+,57?,58?,59?,60?,61-,62-,63-,70?,71?,72?,73?,74?,75?,76+,77-,78-,79-,80?,81-,82+,83?,84+,85+,86-,87+,88?,89-,90-,91-,92-,93?/m0/s1. The Balaban J connectivity index is 0.870. The zero-order chi connectivity index (χ0) is 81.8. The van der Waals surface area contributed by atoms with Crippen molar-refractivity contribution in [1.82, 2.24) is 0 Å². The van der Waals surface area contributed by atoms with Gasteiger partial charge in [-0.25, -0.2) is 0 Å². The van der Waals surface area contributed by atoms with E-state index in [2.05, 4.69) is 96.9 Å². The summed E-state index contributed by atoms with van der Waals surface area (Å²) in [6.45, 7) is 34.5. The number of rotatable bonds is 32. The van der Waals surface area contributed by atoms with Gasteiger partial charge in [0.2, 0.25) is 12.6 Å². The second kappa shape index (κ2) is 41.5. The summed E-state index contributed by atoms with van der Waals surface area (Å²) in [6, 6.07) is 49.8. The molecule has 23 nitrogen and oxygen atoms in total. The van der Waals surface area contributed by atoms with Crippen LogP contribution >= 0.6 is 0 Å². The second-order valence-electron chi connectivity index (χ2n) is 34.2. The molecule has 8 aliphatic heterocycles. The number of esters is 1. The Hall–Kier alpha value is -5.27. The molecule has 5 aromatic rings. The Kier molecular flexibility index (Phi) is 31.7. The highest BCUT2D eigenvalue weighted by atomic mass is 17.3. The minimum absolute atomic E-state index is 0.0319. The summed E-state index contributed by atoms with van der Waals surface area (Å²) in [6.07, 6.45) is -18.0. The maximum Gasteiger partial charge on any atom is 0.303 e. The van der Waals surface area contributed by atoms with Crippen LogP contribution < -0.4 is 0 Å². The summed E-state index contributed by atoms with van der Waals surface area (Å²) >= 11 is 0. The van der Waals surface area contributed by atoms with Crippen molar-refractivity contribution in [2.45, 2.75) is 305 Å². The molecule has 0 saturated carbocycles. The molecule has 13 rings (SSSR count). The number of carbonyl (C=O) groups is 1. The average Bonchev–Trinajstić information content (AvgIpc) is 0.737. The maximum absolute atomic E-state index is 13.0. The van der Waals surface area contributed by atoms with E-state index < -0.39 is 136 Å². The lowest BCUT2D eigenvalue weighted by atomic mass is 9.81. The summed E-state index contributed by atoms with van der Waals surface area (Å²) in [4.78, 5) is 25.2. The molecule has 5 aromatic carbocycles. The van der Waals surface area contributed by atoms with Gasteiger partial charge in [-0.3, -0.25) is 4.79 Å². The van der Waals surface area contributed by atoms with Crippen molar-refractivity contribution in [1.29, 1.82) is 0 Å². The highest BCUT2D eigenvalue weighted by molar-refractivity contribution is 5.66. The first-order valence-corrected chi connectivity index (χ1v) is 43.0. The number of fused-ring (bicyclic) bond motifs is 1. The Bertz CT molecular complexity index is 3700. The van der Waals surface area contributed by atoms with Crippen LogP contribution in [-0.4, -0.2) is 173 Å². The normalized spacial score (nSPS) is 40.8. The van der Waals surface area contributed by atoms with Gasteiger partial charge in [0.05, 0.1) is 82.9 Å². The first-order chi connectivity index (χ1) is 56.1. The molecular weight excluding hydrogens is 1480 g/mol. The third-order valence-electron chi connectivity index (χ3n) is 26.7. The van der Waals surface area contributed by atoms with E-state index in [-0.39, 0.29) is 109 Å². The number of aliphatic hydroxyl groups excluding tert-OH is 1. The number of hydrogen-bond acceptors (Lipinski definition) is 23. The van der Waals surface area contributed by atoms with E-state index in [1.807, 2.05) is 159 Å². The zero-order valence-corrected chi connectivity index (χ0v) is 70.7. The lowest BCUT2D eigenvalue weighted by molar-refractivity contribution is -0.531. The molecule has 0 aliphatic carbocycles. The molecule has 8 aliphatic rings. The molecule has 0 bridgehead atoms. The van der Waals surface area contributed by atoms with Gasteiger partial charge in [0, 0.05) is 36.2 Å². The Morgan fingerprint density at radius 2 is 0.716 bits per heavy atom. The van der Waals surface area contributed by atoms with Crippen LogP contribution in [0.15, 0.2) is 152 Å². The number of ether oxygens (including phenoxy) is 19. The minimum Gasteiger partial charge on any atom is -0.457 e. The lowest BCUT2D eigenvalue weighted by Gasteiger charge is -2.54. The minimum atomic E-state index is -1.28. The fourth-order valence-electron chi connectivity index (χ4n) is 18.0. The summed E-state index contributed by atoms with van der Waals surface area (Å²) in [5, 5.41) is 12.2. The van der Waals surface area contributed by atoms with Gasteiger partial charge in [0.1, 0.15) is 48.8 Å². The van der Waals surface area contributed by atoms with Gasteiger partial charge in [-0.05, 0) is 88.9 Å². The number of hydrogen-bond donors (Lipinski definition) is 1. The summed E-state index contributed by atoms with van der Waals surface area (Å²) in [7, 11) is 0. The van der Waals surface area contributed by atoms with Crippen LogP contribution in [0.25, 0.3) is 0 Å². The average molecular weight is 1620 g/mol. The topological polar surface area (TPSA) is 231 Å². The fourth-order valence-corrected chi connectivity index (χ4v) is 18.0. The van der Waals surface area contributed by atoms with Gasteiger partial charge in [-0.15, -0.1) is 0 Å². The van der Waals surface area contributed by atoms with Gasteiger partial charge in [0.15, 0.2) is 50.1 Å². The smallest absolute Gasteiger partial charge is 0.303 e. The van der Waals surface area contributed by atoms with Crippen molar-refractivity contribution in [3.05, 3.63) is 179 Å². The van der Waals surface area contributed by atoms with Crippen molar-refractivity contribution in [3.63, 3.8) is 0 Å². The van der Waals surface area contributed by atoms with Gasteiger partial charge in [-0.2, -0.15) is 9.78 Å². The predicted molar refractivity (Wildman–Crippen MR) is 428 cm³/mol. The van der Waals surface area contributed by atoms with Crippen LogP contribution in [0.3, 0.4) is 0 Å². The van der Waals surface area contributed by atoms with Crippen LogP contribution in [-0.2, 0) is 131 Å². The maximum atomic E-state index is 13.0. The molecule has 0 spiro atoms. The Labute approximate surface area is 687 Å². The van der Waals surface area contributed by atoms with E-state index in [4.69, 9.17) is 99.8 Å². The van der Waals surface area contributed by atoms with Crippen molar-refractivity contribution < 1.29 is 110 Å². The molecule has 0 aromatic heterocycles.